The van der Waals surface area contributed by atoms with Crippen molar-refractivity contribution >= 4 is 35.0 Å². The minimum atomic E-state index is -0.488. The molecule has 3 rings (SSSR count). The number of carbonyl (C=O) groups excluding carboxylic acids is 1. The molecule has 0 aliphatic carbocycles. The number of aromatic nitrogens is 2. The van der Waals surface area contributed by atoms with Gasteiger partial charge in [-0.2, -0.15) is 4.98 Å². The van der Waals surface area contributed by atoms with Crippen molar-refractivity contribution in [2.75, 3.05) is 29.9 Å². The largest absolute Gasteiger partial charge is 0.387 e. The molecule has 8 heteroatoms. The Hall–Kier alpha value is -2.38. The quantitative estimate of drug-likeness (QED) is 0.658. The highest BCUT2D eigenvalue weighted by Gasteiger charge is 2.25. The fourth-order valence-electron chi connectivity index (χ4n) is 3.24. The molecule has 28 heavy (non-hydrogen) atoms. The summed E-state index contributed by atoms with van der Waals surface area (Å²) in [7, 11) is 0. The Balaban J connectivity index is 1.79. The van der Waals surface area contributed by atoms with Crippen molar-refractivity contribution in [3.05, 3.63) is 40.5 Å². The van der Waals surface area contributed by atoms with Crippen molar-refractivity contribution in [3.8, 4) is 0 Å². The molecule has 1 aromatic heterocycles. The molecule has 150 valence electrons. The van der Waals surface area contributed by atoms with E-state index in [4.69, 9.17) is 16.7 Å². The number of carbonyl (C=O) groups is 1. The Labute approximate surface area is 170 Å². The zero-order valence-electron chi connectivity index (χ0n) is 16.2. The van der Waals surface area contributed by atoms with E-state index in [2.05, 4.69) is 32.4 Å². The highest BCUT2D eigenvalue weighted by molar-refractivity contribution is 6.31. The highest BCUT2D eigenvalue weighted by atomic mass is 35.5. The predicted octanol–water partition coefficient (Wildman–Crippen LogP) is 2.82. The fraction of sp³-hybridized carbons (Fsp3) is 0.450. The summed E-state index contributed by atoms with van der Waals surface area (Å²) in [6.07, 6.45) is 2.66. The molecule has 0 unspecified atom stereocenters. The second kappa shape index (κ2) is 9.21. The van der Waals surface area contributed by atoms with Crippen LogP contribution in [0, 0.1) is 6.92 Å². The van der Waals surface area contributed by atoms with Crippen LogP contribution in [0.4, 0.5) is 17.5 Å². The Morgan fingerprint density at radius 2 is 2.18 bits per heavy atom. The number of nitrogens with one attached hydrogen (secondary N) is 2. The summed E-state index contributed by atoms with van der Waals surface area (Å²) in [5.41, 5.74) is 2.82. The van der Waals surface area contributed by atoms with Crippen molar-refractivity contribution in [1.29, 1.82) is 0 Å². The summed E-state index contributed by atoms with van der Waals surface area (Å²) in [4.78, 5) is 22.9. The van der Waals surface area contributed by atoms with Gasteiger partial charge in [0.15, 0.2) is 0 Å². The van der Waals surface area contributed by atoms with Crippen LogP contribution in [0.1, 0.15) is 31.0 Å². The predicted molar refractivity (Wildman–Crippen MR) is 111 cm³/mol. The molecule has 7 nitrogen and oxygen atoms in total. The van der Waals surface area contributed by atoms with Crippen molar-refractivity contribution in [2.45, 2.75) is 39.2 Å². The van der Waals surface area contributed by atoms with Crippen LogP contribution in [0.2, 0.25) is 5.02 Å². The Bertz CT molecular complexity index is 845. The molecule has 0 bridgehead atoms. The minimum Gasteiger partial charge on any atom is -0.387 e. The lowest BCUT2D eigenvalue weighted by Gasteiger charge is -2.19. The number of halogens is 1. The van der Waals surface area contributed by atoms with Gasteiger partial charge in [0.25, 0.3) is 0 Å². The lowest BCUT2D eigenvalue weighted by molar-refractivity contribution is -0.124. The average molecular weight is 404 g/mol. The van der Waals surface area contributed by atoms with E-state index in [1.807, 2.05) is 31.2 Å². The number of anilines is 3. The van der Waals surface area contributed by atoms with Crippen molar-refractivity contribution in [2.24, 2.45) is 0 Å². The standard InChI is InChI=1S/C20H26ClN5O2/c1-3-4-14-10-18(26-8-7-16(11-26)22-19(28)12-27)25-20(23-14)24-15-6-5-13(2)17(21)9-15/h5-6,9-10,16,27H,3-4,7-8,11-12H2,1-2H3,(H,22,28)(H,23,24,25)/t16-/m0/s1. The molecular formula is C20H26ClN5O2. The van der Waals surface area contributed by atoms with Gasteiger partial charge in [0.2, 0.25) is 11.9 Å². The van der Waals surface area contributed by atoms with Crippen molar-refractivity contribution < 1.29 is 9.90 Å². The van der Waals surface area contributed by atoms with Gasteiger partial charge in [-0.25, -0.2) is 4.98 Å². The van der Waals surface area contributed by atoms with Gasteiger partial charge in [0, 0.05) is 41.6 Å². The van der Waals surface area contributed by atoms with Gasteiger partial charge in [-0.1, -0.05) is 31.0 Å². The van der Waals surface area contributed by atoms with Crippen LogP contribution in [0.15, 0.2) is 24.3 Å². The average Bonchev–Trinajstić information content (AvgIpc) is 3.13. The molecule has 1 fully saturated rings. The maximum atomic E-state index is 11.4. The first-order valence-electron chi connectivity index (χ1n) is 9.54. The monoisotopic (exact) mass is 403 g/mol. The summed E-state index contributed by atoms with van der Waals surface area (Å²) in [5.74, 6) is 1.02. The van der Waals surface area contributed by atoms with Gasteiger partial charge in [-0.3, -0.25) is 4.79 Å². The minimum absolute atomic E-state index is 0.0107. The van der Waals surface area contributed by atoms with Gasteiger partial charge in [-0.15, -0.1) is 0 Å². The maximum absolute atomic E-state index is 11.4. The van der Waals surface area contributed by atoms with Crippen molar-refractivity contribution in [3.63, 3.8) is 0 Å². The van der Waals surface area contributed by atoms with Gasteiger partial charge in [0.1, 0.15) is 12.4 Å². The first kappa shape index (κ1) is 20.4. The second-order valence-corrected chi connectivity index (χ2v) is 7.44. The van der Waals surface area contributed by atoms with E-state index < -0.39 is 6.61 Å². The molecule has 1 aliphatic heterocycles. The third-order valence-electron chi connectivity index (χ3n) is 4.72. The SMILES string of the molecule is CCCc1cc(N2CC[C@H](NC(=O)CO)C2)nc(Nc2ccc(C)c(Cl)c2)n1. The van der Waals surface area contributed by atoms with E-state index in [-0.39, 0.29) is 11.9 Å². The van der Waals surface area contributed by atoms with E-state index in [0.717, 1.165) is 48.6 Å². The molecule has 2 aromatic rings. The third kappa shape index (κ3) is 5.11. The Morgan fingerprint density at radius 1 is 1.36 bits per heavy atom. The fourth-order valence-corrected chi connectivity index (χ4v) is 3.42. The van der Waals surface area contributed by atoms with E-state index >= 15 is 0 Å². The number of nitrogens with zero attached hydrogens (tertiary/aromatic N) is 3. The van der Waals surface area contributed by atoms with Gasteiger partial charge >= 0.3 is 0 Å². The van der Waals surface area contributed by atoms with Crippen molar-refractivity contribution in [1.82, 2.24) is 15.3 Å². The number of hydrogen-bond donors (Lipinski definition) is 3. The van der Waals surface area contributed by atoms with Crippen LogP contribution in [0.25, 0.3) is 0 Å². The molecule has 1 amide bonds. The van der Waals surface area contributed by atoms with Crippen LogP contribution in [-0.4, -0.2) is 46.7 Å². The van der Waals surface area contributed by atoms with Gasteiger partial charge in [0.05, 0.1) is 0 Å². The molecule has 3 N–H and O–H groups in total. The van der Waals surface area contributed by atoms with Crippen LogP contribution >= 0.6 is 11.6 Å². The number of amides is 1. The number of aliphatic hydroxyl groups is 1. The van der Waals surface area contributed by atoms with Gasteiger partial charge in [-0.05, 0) is 37.5 Å². The second-order valence-electron chi connectivity index (χ2n) is 7.04. The number of hydrogen-bond acceptors (Lipinski definition) is 6. The Kier molecular flexibility index (Phi) is 6.70. The third-order valence-corrected chi connectivity index (χ3v) is 5.13. The molecule has 1 aliphatic rings. The lowest BCUT2D eigenvalue weighted by Crippen LogP contribution is -2.38. The molecule has 0 radical (unpaired) electrons. The zero-order valence-corrected chi connectivity index (χ0v) is 17.0. The number of benzene rings is 1. The smallest absolute Gasteiger partial charge is 0.245 e. The van der Waals surface area contributed by atoms with Gasteiger partial charge < -0.3 is 20.6 Å². The summed E-state index contributed by atoms with van der Waals surface area (Å²) >= 11 is 6.22. The van der Waals surface area contributed by atoms with Crippen LogP contribution < -0.4 is 15.5 Å². The summed E-state index contributed by atoms with van der Waals surface area (Å²) in [6, 6.07) is 7.79. The first-order valence-corrected chi connectivity index (χ1v) is 9.92. The number of aliphatic hydroxyl groups excluding tert-OH is 1. The number of aryl methyl sites for hydroxylation is 2. The van der Waals surface area contributed by atoms with Crippen LogP contribution in [-0.2, 0) is 11.2 Å². The molecule has 1 atom stereocenters. The van der Waals surface area contributed by atoms with E-state index in [9.17, 15) is 4.79 Å². The topological polar surface area (TPSA) is 90.4 Å². The number of rotatable bonds is 7. The molecule has 1 aromatic carbocycles. The molecule has 1 saturated heterocycles. The zero-order chi connectivity index (χ0) is 20.1. The maximum Gasteiger partial charge on any atom is 0.245 e. The normalized spacial score (nSPS) is 16.3. The first-order chi connectivity index (χ1) is 13.5. The molecular weight excluding hydrogens is 378 g/mol. The lowest BCUT2D eigenvalue weighted by atomic mass is 10.2. The molecule has 0 spiro atoms. The van der Waals surface area contributed by atoms with E-state index in [1.54, 1.807) is 0 Å². The summed E-state index contributed by atoms with van der Waals surface area (Å²) in [6.45, 7) is 5.03. The summed E-state index contributed by atoms with van der Waals surface area (Å²) in [5, 5.41) is 15.7. The van der Waals surface area contributed by atoms with E-state index in [0.29, 0.717) is 17.5 Å². The highest BCUT2D eigenvalue weighted by Crippen LogP contribution is 2.25. The summed E-state index contributed by atoms with van der Waals surface area (Å²) < 4.78 is 0. The van der Waals surface area contributed by atoms with Crippen LogP contribution in [0.5, 0.6) is 0 Å². The Morgan fingerprint density at radius 3 is 2.89 bits per heavy atom. The molecule has 0 saturated carbocycles. The molecule has 2 heterocycles. The van der Waals surface area contributed by atoms with E-state index in [1.165, 1.54) is 0 Å². The van der Waals surface area contributed by atoms with Crippen LogP contribution in [0.3, 0.4) is 0 Å².